The van der Waals surface area contributed by atoms with Crippen LogP contribution >= 0.6 is 0 Å². The van der Waals surface area contributed by atoms with Crippen molar-refractivity contribution in [3.05, 3.63) is 34.9 Å². The van der Waals surface area contributed by atoms with Crippen LogP contribution in [0.2, 0.25) is 0 Å². The first-order valence-electron chi connectivity index (χ1n) is 6.91. The minimum atomic E-state index is 0.476. The van der Waals surface area contributed by atoms with Crippen molar-refractivity contribution in [3.63, 3.8) is 0 Å². The molecule has 0 aliphatic carbocycles. The second kappa shape index (κ2) is 5.22. The molecule has 1 aliphatic rings. The number of hydrogen-bond acceptors (Lipinski definition) is 1. The van der Waals surface area contributed by atoms with E-state index >= 15 is 0 Å². The van der Waals surface area contributed by atoms with E-state index in [2.05, 4.69) is 45.9 Å². The molecule has 0 amide bonds. The van der Waals surface area contributed by atoms with Crippen molar-refractivity contribution in [3.8, 4) is 0 Å². The van der Waals surface area contributed by atoms with Gasteiger partial charge in [-0.25, -0.2) is 0 Å². The van der Waals surface area contributed by atoms with Gasteiger partial charge in [-0.15, -0.1) is 0 Å². The van der Waals surface area contributed by atoms with E-state index in [1.54, 1.807) is 0 Å². The Morgan fingerprint density at radius 3 is 2.41 bits per heavy atom. The fourth-order valence-corrected chi connectivity index (χ4v) is 2.70. The number of ether oxygens (including phenoxy) is 1. The average Bonchev–Trinajstić information content (AvgIpc) is 3.06. The zero-order valence-corrected chi connectivity index (χ0v) is 11.5. The highest BCUT2D eigenvalue weighted by atomic mass is 16.6. The summed E-state index contributed by atoms with van der Waals surface area (Å²) in [6.07, 6.45) is 4.38. The minimum Gasteiger partial charge on any atom is -0.370 e. The Bertz CT molecular complexity index is 383. The molecule has 1 fully saturated rings. The molecule has 1 nitrogen and oxygen atoms in total. The summed E-state index contributed by atoms with van der Waals surface area (Å²) in [4.78, 5) is 0. The Morgan fingerprint density at radius 2 is 1.88 bits per heavy atom. The minimum absolute atomic E-state index is 0.476. The predicted octanol–water partition coefficient (Wildman–Crippen LogP) is 3.78. The van der Waals surface area contributed by atoms with Gasteiger partial charge in [-0.2, -0.15) is 0 Å². The molecule has 3 unspecified atom stereocenters. The van der Waals surface area contributed by atoms with Crippen molar-refractivity contribution in [2.24, 2.45) is 5.92 Å². The summed E-state index contributed by atoms with van der Waals surface area (Å²) in [5.74, 6) is 0.641. The van der Waals surface area contributed by atoms with Gasteiger partial charge in [0.05, 0.1) is 12.2 Å². The van der Waals surface area contributed by atoms with Gasteiger partial charge in [0.25, 0.3) is 0 Å². The Morgan fingerprint density at radius 1 is 1.18 bits per heavy atom. The van der Waals surface area contributed by atoms with Crippen LogP contribution in [0.1, 0.15) is 44.4 Å². The summed E-state index contributed by atoms with van der Waals surface area (Å²) < 4.78 is 5.58. The van der Waals surface area contributed by atoms with Crippen LogP contribution in [0.5, 0.6) is 0 Å². The Kier molecular flexibility index (Phi) is 3.88. The molecule has 1 heteroatoms. The first kappa shape index (κ1) is 12.6. The second-order valence-corrected chi connectivity index (χ2v) is 5.30. The molecule has 1 aromatic carbocycles. The molecule has 0 aromatic heterocycles. The standard InChI is InChI=1S/C16H24O/c1-5-13-7-8-14(6-2)15(10-13)9-11(3)16-12(4)17-16/h7-8,10-12,16H,5-6,9H2,1-4H3. The van der Waals surface area contributed by atoms with Crippen molar-refractivity contribution < 1.29 is 4.74 Å². The molecule has 0 radical (unpaired) electrons. The van der Waals surface area contributed by atoms with Crippen molar-refractivity contribution in [1.82, 2.24) is 0 Å². The van der Waals surface area contributed by atoms with Crippen molar-refractivity contribution in [1.29, 1.82) is 0 Å². The van der Waals surface area contributed by atoms with E-state index in [-0.39, 0.29) is 0 Å². The van der Waals surface area contributed by atoms with E-state index in [0.29, 0.717) is 18.1 Å². The second-order valence-electron chi connectivity index (χ2n) is 5.30. The lowest BCUT2D eigenvalue weighted by Crippen LogP contribution is -2.10. The lowest BCUT2D eigenvalue weighted by atomic mass is 9.91. The molecular weight excluding hydrogens is 208 g/mol. The molecule has 0 saturated carbocycles. The number of hydrogen-bond donors (Lipinski definition) is 0. The maximum absolute atomic E-state index is 5.58. The van der Waals surface area contributed by atoms with Gasteiger partial charge in [0, 0.05) is 0 Å². The van der Waals surface area contributed by atoms with Crippen molar-refractivity contribution in [2.75, 3.05) is 0 Å². The van der Waals surface area contributed by atoms with Gasteiger partial charge in [-0.05, 0) is 48.8 Å². The molecule has 3 atom stereocenters. The first-order valence-corrected chi connectivity index (χ1v) is 6.91. The molecule has 17 heavy (non-hydrogen) atoms. The SMILES string of the molecule is CCc1ccc(CC)c(CC(C)C2OC2C)c1. The molecule has 0 N–H and O–H groups in total. The lowest BCUT2D eigenvalue weighted by Gasteiger charge is -2.14. The van der Waals surface area contributed by atoms with Crippen LogP contribution in [-0.2, 0) is 24.0 Å². The fourth-order valence-electron chi connectivity index (χ4n) is 2.70. The van der Waals surface area contributed by atoms with Gasteiger partial charge in [-0.1, -0.05) is 39.0 Å². The molecule has 1 aliphatic heterocycles. The fraction of sp³-hybridized carbons (Fsp3) is 0.625. The maximum Gasteiger partial charge on any atom is 0.0867 e. The van der Waals surface area contributed by atoms with Crippen molar-refractivity contribution >= 4 is 0 Å². The Labute approximate surface area is 105 Å². The molecule has 0 spiro atoms. The van der Waals surface area contributed by atoms with Gasteiger partial charge < -0.3 is 4.74 Å². The molecule has 94 valence electrons. The summed E-state index contributed by atoms with van der Waals surface area (Å²) in [7, 11) is 0. The van der Waals surface area contributed by atoms with Crippen LogP contribution in [0, 0.1) is 5.92 Å². The molecular formula is C16H24O. The van der Waals surface area contributed by atoms with E-state index in [1.165, 1.54) is 16.7 Å². The first-order chi connectivity index (χ1) is 8.15. The van der Waals surface area contributed by atoms with Crippen LogP contribution in [0.4, 0.5) is 0 Å². The summed E-state index contributed by atoms with van der Waals surface area (Å²) in [6, 6.07) is 6.96. The van der Waals surface area contributed by atoms with Crippen molar-refractivity contribution in [2.45, 2.75) is 59.2 Å². The summed E-state index contributed by atoms with van der Waals surface area (Å²) in [5, 5.41) is 0. The van der Waals surface area contributed by atoms with Crippen LogP contribution < -0.4 is 0 Å². The lowest BCUT2D eigenvalue weighted by molar-refractivity contribution is 0.328. The van der Waals surface area contributed by atoms with Crippen LogP contribution in [0.15, 0.2) is 18.2 Å². The molecule has 1 saturated heterocycles. The number of epoxide rings is 1. The zero-order chi connectivity index (χ0) is 12.4. The monoisotopic (exact) mass is 232 g/mol. The van der Waals surface area contributed by atoms with Gasteiger partial charge in [-0.3, -0.25) is 0 Å². The number of rotatable bonds is 5. The number of aryl methyl sites for hydroxylation is 2. The van der Waals surface area contributed by atoms with Gasteiger partial charge in [0.2, 0.25) is 0 Å². The summed E-state index contributed by atoms with van der Waals surface area (Å²) in [5.41, 5.74) is 4.48. The van der Waals surface area contributed by atoms with E-state index in [4.69, 9.17) is 4.74 Å². The quantitative estimate of drug-likeness (QED) is 0.704. The van der Waals surface area contributed by atoms with Crippen LogP contribution in [0.3, 0.4) is 0 Å². The third kappa shape index (κ3) is 2.90. The number of benzene rings is 1. The van der Waals surface area contributed by atoms with Gasteiger partial charge in [0.15, 0.2) is 0 Å². The predicted molar refractivity (Wildman–Crippen MR) is 72.4 cm³/mol. The van der Waals surface area contributed by atoms with E-state index in [1.807, 2.05) is 0 Å². The Hall–Kier alpha value is -0.820. The van der Waals surface area contributed by atoms with E-state index in [0.717, 1.165) is 19.3 Å². The largest absolute Gasteiger partial charge is 0.370 e. The maximum atomic E-state index is 5.58. The smallest absolute Gasteiger partial charge is 0.0867 e. The molecule has 1 aromatic rings. The topological polar surface area (TPSA) is 12.5 Å². The zero-order valence-electron chi connectivity index (χ0n) is 11.5. The third-order valence-corrected chi connectivity index (χ3v) is 3.92. The molecule has 1 heterocycles. The summed E-state index contributed by atoms with van der Waals surface area (Å²) >= 11 is 0. The normalized spacial score (nSPS) is 24.7. The highest BCUT2D eigenvalue weighted by molar-refractivity contribution is 5.32. The molecule has 2 rings (SSSR count). The van der Waals surface area contributed by atoms with Crippen LogP contribution in [-0.4, -0.2) is 12.2 Å². The van der Waals surface area contributed by atoms with Crippen LogP contribution in [0.25, 0.3) is 0 Å². The highest BCUT2D eigenvalue weighted by Crippen LogP contribution is 2.31. The third-order valence-electron chi connectivity index (χ3n) is 3.92. The van der Waals surface area contributed by atoms with Gasteiger partial charge >= 0.3 is 0 Å². The average molecular weight is 232 g/mol. The van der Waals surface area contributed by atoms with E-state index < -0.39 is 0 Å². The summed E-state index contributed by atoms with van der Waals surface area (Å²) in [6.45, 7) is 8.95. The highest BCUT2D eigenvalue weighted by Gasteiger charge is 2.38. The Balaban J connectivity index is 2.12. The molecule has 0 bridgehead atoms. The van der Waals surface area contributed by atoms with E-state index in [9.17, 15) is 0 Å². The van der Waals surface area contributed by atoms with Gasteiger partial charge in [0.1, 0.15) is 0 Å².